The van der Waals surface area contributed by atoms with Crippen molar-refractivity contribution in [1.29, 1.82) is 0 Å². The maximum atomic E-state index is 9.63. The third-order valence-electron chi connectivity index (χ3n) is 1.73. The van der Waals surface area contributed by atoms with Crippen LogP contribution in [0.4, 0.5) is 0 Å². The predicted octanol–water partition coefficient (Wildman–Crippen LogP) is 3.35. The first-order valence-corrected chi connectivity index (χ1v) is 6.12. The minimum Gasteiger partial charge on any atom is -0.388 e. The Kier molecular flexibility index (Phi) is 4.88. The first-order valence-electron chi connectivity index (χ1n) is 4.12. The van der Waals surface area contributed by atoms with E-state index in [1.54, 1.807) is 11.3 Å². The van der Waals surface area contributed by atoms with Crippen LogP contribution in [0.25, 0.3) is 0 Å². The molecule has 0 saturated carbocycles. The number of hydrogen-bond acceptors (Lipinski definition) is 2. The van der Waals surface area contributed by atoms with E-state index in [-0.39, 0.29) is 6.10 Å². The maximum absolute atomic E-state index is 9.63. The quantitative estimate of drug-likeness (QED) is 0.626. The molecule has 0 amide bonds. The number of aliphatic hydroxyl groups excluding tert-OH is 1. The molecule has 1 aromatic heterocycles. The Morgan fingerprint density at radius 3 is 2.92 bits per heavy atom. The van der Waals surface area contributed by atoms with Crippen LogP contribution in [0.2, 0.25) is 0 Å². The Hall–Kier alpha value is 0.140. The van der Waals surface area contributed by atoms with Gasteiger partial charge in [0.05, 0.1) is 6.10 Å². The van der Waals surface area contributed by atoms with Gasteiger partial charge >= 0.3 is 0 Å². The second-order valence-electron chi connectivity index (χ2n) is 2.72. The summed E-state index contributed by atoms with van der Waals surface area (Å²) < 4.78 is 0. The van der Waals surface area contributed by atoms with Crippen LogP contribution >= 0.6 is 27.3 Å². The van der Waals surface area contributed by atoms with E-state index in [9.17, 15) is 5.11 Å². The van der Waals surface area contributed by atoms with E-state index in [0.29, 0.717) is 0 Å². The number of hydrogen-bond donors (Lipinski definition) is 1. The number of alkyl halides is 1. The van der Waals surface area contributed by atoms with Crippen LogP contribution in [-0.2, 0) is 0 Å². The van der Waals surface area contributed by atoms with E-state index >= 15 is 0 Å². The fourth-order valence-electron chi connectivity index (χ4n) is 1.06. The highest BCUT2D eigenvalue weighted by Gasteiger charge is 2.06. The summed E-state index contributed by atoms with van der Waals surface area (Å²) in [5, 5.41) is 12.7. The number of halogens is 1. The van der Waals surface area contributed by atoms with Gasteiger partial charge in [-0.25, -0.2) is 0 Å². The van der Waals surface area contributed by atoms with E-state index in [2.05, 4.69) is 15.9 Å². The summed E-state index contributed by atoms with van der Waals surface area (Å²) in [6, 6.07) is 3.97. The van der Waals surface area contributed by atoms with E-state index in [1.807, 2.05) is 17.5 Å². The number of rotatable bonds is 5. The van der Waals surface area contributed by atoms with Crippen LogP contribution in [0, 0.1) is 0 Å². The molecule has 1 aromatic rings. The lowest BCUT2D eigenvalue weighted by Gasteiger charge is -2.06. The maximum Gasteiger partial charge on any atom is 0.0882 e. The van der Waals surface area contributed by atoms with Crippen molar-refractivity contribution in [3.8, 4) is 0 Å². The van der Waals surface area contributed by atoms with Gasteiger partial charge in [0.1, 0.15) is 0 Å². The molecule has 12 heavy (non-hydrogen) atoms. The third kappa shape index (κ3) is 3.25. The molecule has 1 atom stereocenters. The first-order chi connectivity index (χ1) is 5.84. The number of aliphatic hydroxyl groups is 1. The van der Waals surface area contributed by atoms with Crippen molar-refractivity contribution in [2.75, 3.05) is 5.33 Å². The molecular weight excluding hydrogens is 236 g/mol. The van der Waals surface area contributed by atoms with Crippen LogP contribution in [0.1, 0.15) is 30.2 Å². The molecule has 68 valence electrons. The standard InChI is InChI=1S/C9H13BrOS/c10-6-2-1-4-8(11)9-5-3-7-12-9/h3,5,7-8,11H,1-2,4,6H2/t8-/m1/s1. The molecule has 1 N–H and O–H groups in total. The molecule has 1 rings (SSSR count). The molecular formula is C9H13BrOS. The Labute approximate surface area is 85.6 Å². The van der Waals surface area contributed by atoms with Gasteiger partial charge in [0.2, 0.25) is 0 Å². The van der Waals surface area contributed by atoms with E-state index < -0.39 is 0 Å². The number of unbranched alkanes of at least 4 members (excludes halogenated alkanes) is 1. The summed E-state index contributed by atoms with van der Waals surface area (Å²) in [7, 11) is 0. The van der Waals surface area contributed by atoms with E-state index in [1.165, 1.54) is 0 Å². The molecule has 0 spiro atoms. The van der Waals surface area contributed by atoms with Gasteiger partial charge in [0.25, 0.3) is 0 Å². The van der Waals surface area contributed by atoms with Gasteiger partial charge in [0, 0.05) is 10.2 Å². The normalized spacial score (nSPS) is 13.2. The van der Waals surface area contributed by atoms with Gasteiger partial charge in [-0.3, -0.25) is 0 Å². The van der Waals surface area contributed by atoms with Crippen molar-refractivity contribution < 1.29 is 5.11 Å². The zero-order valence-corrected chi connectivity index (χ0v) is 9.27. The predicted molar refractivity (Wildman–Crippen MR) is 56.9 cm³/mol. The van der Waals surface area contributed by atoms with Crippen LogP contribution in [0.15, 0.2) is 17.5 Å². The first kappa shape index (κ1) is 10.2. The Morgan fingerprint density at radius 1 is 1.50 bits per heavy atom. The molecule has 0 bridgehead atoms. The summed E-state index contributed by atoms with van der Waals surface area (Å²) in [6.45, 7) is 0. The van der Waals surface area contributed by atoms with Crippen molar-refractivity contribution in [2.45, 2.75) is 25.4 Å². The molecule has 0 radical (unpaired) electrons. The molecule has 0 aromatic carbocycles. The van der Waals surface area contributed by atoms with Crippen LogP contribution < -0.4 is 0 Å². The van der Waals surface area contributed by atoms with Crippen molar-refractivity contribution in [3.05, 3.63) is 22.4 Å². The van der Waals surface area contributed by atoms with Crippen LogP contribution in [0.5, 0.6) is 0 Å². The SMILES string of the molecule is O[C@H](CCCCBr)c1cccs1. The Balaban J connectivity index is 2.25. The molecule has 0 fully saturated rings. The average Bonchev–Trinajstić information content (AvgIpc) is 2.56. The molecule has 0 aliphatic rings. The van der Waals surface area contributed by atoms with Crippen LogP contribution in [-0.4, -0.2) is 10.4 Å². The molecule has 0 saturated heterocycles. The fraction of sp³-hybridized carbons (Fsp3) is 0.556. The van der Waals surface area contributed by atoms with Crippen LogP contribution in [0.3, 0.4) is 0 Å². The highest BCUT2D eigenvalue weighted by molar-refractivity contribution is 9.09. The number of thiophene rings is 1. The zero-order chi connectivity index (χ0) is 8.81. The summed E-state index contributed by atoms with van der Waals surface area (Å²) in [4.78, 5) is 1.09. The van der Waals surface area contributed by atoms with Gasteiger partial charge in [-0.15, -0.1) is 11.3 Å². The third-order valence-corrected chi connectivity index (χ3v) is 3.27. The Bertz CT molecular complexity index is 198. The molecule has 1 nitrogen and oxygen atoms in total. The lowest BCUT2D eigenvalue weighted by Crippen LogP contribution is -1.94. The minimum absolute atomic E-state index is 0.246. The van der Waals surface area contributed by atoms with E-state index in [0.717, 1.165) is 29.5 Å². The monoisotopic (exact) mass is 248 g/mol. The van der Waals surface area contributed by atoms with E-state index in [4.69, 9.17) is 0 Å². The van der Waals surface area contributed by atoms with Crippen molar-refractivity contribution in [1.82, 2.24) is 0 Å². The molecule has 0 unspecified atom stereocenters. The lowest BCUT2D eigenvalue weighted by atomic mass is 10.1. The summed E-state index contributed by atoms with van der Waals surface area (Å²) in [6.07, 6.45) is 2.86. The summed E-state index contributed by atoms with van der Waals surface area (Å²) >= 11 is 5.00. The minimum atomic E-state index is -0.246. The van der Waals surface area contributed by atoms with Crippen molar-refractivity contribution in [3.63, 3.8) is 0 Å². The summed E-state index contributed by atoms with van der Waals surface area (Å²) in [5.41, 5.74) is 0. The molecule has 0 aliphatic carbocycles. The van der Waals surface area contributed by atoms with Gasteiger partial charge in [0.15, 0.2) is 0 Å². The van der Waals surface area contributed by atoms with Crippen molar-refractivity contribution >= 4 is 27.3 Å². The largest absolute Gasteiger partial charge is 0.388 e. The second kappa shape index (κ2) is 5.73. The second-order valence-corrected chi connectivity index (χ2v) is 4.49. The molecule has 0 aliphatic heterocycles. The fourth-order valence-corrected chi connectivity index (χ4v) is 2.20. The van der Waals surface area contributed by atoms with Gasteiger partial charge in [-0.1, -0.05) is 22.0 Å². The smallest absolute Gasteiger partial charge is 0.0882 e. The van der Waals surface area contributed by atoms with Crippen molar-refractivity contribution in [2.24, 2.45) is 0 Å². The summed E-state index contributed by atoms with van der Waals surface area (Å²) in [5.74, 6) is 0. The molecule has 3 heteroatoms. The van der Waals surface area contributed by atoms with Gasteiger partial charge < -0.3 is 5.11 Å². The Morgan fingerprint density at radius 2 is 2.33 bits per heavy atom. The average molecular weight is 249 g/mol. The highest BCUT2D eigenvalue weighted by Crippen LogP contribution is 2.23. The zero-order valence-electron chi connectivity index (χ0n) is 6.87. The molecule has 1 heterocycles. The highest BCUT2D eigenvalue weighted by atomic mass is 79.9. The van der Waals surface area contributed by atoms with Gasteiger partial charge in [-0.2, -0.15) is 0 Å². The van der Waals surface area contributed by atoms with Gasteiger partial charge in [-0.05, 0) is 30.7 Å². The lowest BCUT2D eigenvalue weighted by molar-refractivity contribution is 0.168. The topological polar surface area (TPSA) is 20.2 Å².